The maximum atomic E-state index is 12.1. The second-order valence-electron chi connectivity index (χ2n) is 5.53. The van der Waals surface area contributed by atoms with Gasteiger partial charge in [-0.25, -0.2) is 4.68 Å². The van der Waals surface area contributed by atoms with Crippen LogP contribution in [0.5, 0.6) is 0 Å². The average Bonchev–Trinajstić information content (AvgIpc) is 2.74. The molecule has 3 nitrogen and oxygen atoms in total. The van der Waals surface area contributed by atoms with Gasteiger partial charge < -0.3 is 0 Å². The van der Waals surface area contributed by atoms with E-state index in [4.69, 9.17) is 0 Å². The van der Waals surface area contributed by atoms with Crippen LogP contribution in [-0.2, 0) is 5.41 Å². The van der Waals surface area contributed by atoms with Crippen LogP contribution >= 0.6 is 0 Å². The number of rotatable bonds is 1. The van der Waals surface area contributed by atoms with Crippen molar-refractivity contribution in [1.29, 1.82) is 0 Å². The normalized spacial score (nSPS) is 11.6. The Morgan fingerprint density at radius 1 is 1.11 bits per heavy atom. The van der Waals surface area contributed by atoms with E-state index in [1.807, 2.05) is 37.3 Å². The fourth-order valence-corrected chi connectivity index (χ4v) is 1.77. The summed E-state index contributed by atoms with van der Waals surface area (Å²) in [4.78, 5) is 12.1. The highest BCUT2D eigenvalue weighted by Gasteiger charge is 2.15. The lowest BCUT2D eigenvalue weighted by Crippen LogP contribution is -2.14. The first-order valence-electron chi connectivity index (χ1n) is 6.05. The molecule has 0 aliphatic carbocycles. The lowest BCUT2D eigenvalue weighted by molar-refractivity contribution is 0.0944. The van der Waals surface area contributed by atoms with Crippen molar-refractivity contribution in [3.63, 3.8) is 0 Å². The van der Waals surface area contributed by atoms with E-state index in [0.29, 0.717) is 5.56 Å². The molecule has 1 aromatic heterocycles. The number of carbonyl (C=O) groups is 1. The van der Waals surface area contributed by atoms with Crippen LogP contribution in [0.3, 0.4) is 0 Å². The number of hydrogen-bond donors (Lipinski definition) is 0. The minimum Gasteiger partial charge on any atom is -0.267 e. The topological polar surface area (TPSA) is 34.9 Å². The highest BCUT2D eigenvalue weighted by Crippen LogP contribution is 2.22. The molecule has 0 radical (unpaired) electrons. The summed E-state index contributed by atoms with van der Waals surface area (Å²) in [5, 5.41) is 4.13. The van der Waals surface area contributed by atoms with E-state index < -0.39 is 0 Å². The van der Waals surface area contributed by atoms with E-state index in [9.17, 15) is 4.79 Å². The third-order valence-electron chi connectivity index (χ3n) is 2.93. The maximum Gasteiger partial charge on any atom is 0.278 e. The van der Waals surface area contributed by atoms with Gasteiger partial charge >= 0.3 is 0 Å². The molecule has 0 atom stereocenters. The zero-order chi connectivity index (χ0) is 13.3. The van der Waals surface area contributed by atoms with Gasteiger partial charge in [-0.2, -0.15) is 5.10 Å². The Kier molecular flexibility index (Phi) is 3.07. The Hall–Kier alpha value is -1.90. The third-order valence-corrected chi connectivity index (χ3v) is 2.93. The summed E-state index contributed by atoms with van der Waals surface area (Å²) in [7, 11) is 0. The van der Waals surface area contributed by atoms with E-state index in [1.54, 1.807) is 6.20 Å². The Bertz CT molecular complexity index is 559. The number of aryl methyl sites for hydroxylation is 1. The zero-order valence-corrected chi connectivity index (χ0v) is 11.3. The Morgan fingerprint density at radius 2 is 1.72 bits per heavy atom. The van der Waals surface area contributed by atoms with Gasteiger partial charge in [-0.05, 0) is 36.1 Å². The van der Waals surface area contributed by atoms with Crippen LogP contribution in [-0.4, -0.2) is 15.7 Å². The van der Waals surface area contributed by atoms with Crippen molar-refractivity contribution < 1.29 is 4.79 Å². The Balaban J connectivity index is 2.28. The SMILES string of the molecule is Cc1ccn(C(=O)c2ccc(C(C)(C)C)cc2)n1. The van der Waals surface area contributed by atoms with Gasteiger partial charge in [-0.15, -0.1) is 0 Å². The molecule has 1 heterocycles. The van der Waals surface area contributed by atoms with E-state index >= 15 is 0 Å². The molecule has 0 saturated carbocycles. The second kappa shape index (κ2) is 4.41. The molecule has 0 aliphatic rings. The quantitative estimate of drug-likeness (QED) is 0.769. The number of aromatic nitrogens is 2. The number of carbonyl (C=O) groups excluding carboxylic acids is 1. The van der Waals surface area contributed by atoms with Gasteiger partial charge in [0.25, 0.3) is 5.91 Å². The van der Waals surface area contributed by atoms with Crippen molar-refractivity contribution in [2.75, 3.05) is 0 Å². The van der Waals surface area contributed by atoms with Gasteiger partial charge in [-0.1, -0.05) is 32.9 Å². The standard InChI is InChI=1S/C15H18N2O/c1-11-9-10-17(16-11)14(18)12-5-7-13(8-6-12)15(2,3)4/h5-10H,1-4H3. The Labute approximate surface area is 107 Å². The first-order chi connectivity index (χ1) is 8.38. The van der Waals surface area contributed by atoms with Crippen molar-refractivity contribution in [2.24, 2.45) is 0 Å². The second-order valence-corrected chi connectivity index (χ2v) is 5.53. The Morgan fingerprint density at radius 3 is 2.17 bits per heavy atom. The summed E-state index contributed by atoms with van der Waals surface area (Å²) < 4.78 is 1.38. The minimum absolute atomic E-state index is 0.0939. The van der Waals surface area contributed by atoms with Crippen molar-refractivity contribution in [1.82, 2.24) is 9.78 Å². The van der Waals surface area contributed by atoms with Crippen molar-refractivity contribution in [3.8, 4) is 0 Å². The summed E-state index contributed by atoms with van der Waals surface area (Å²) in [6, 6.07) is 9.55. The van der Waals surface area contributed by atoms with E-state index in [-0.39, 0.29) is 11.3 Å². The van der Waals surface area contributed by atoms with Crippen molar-refractivity contribution >= 4 is 5.91 Å². The van der Waals surface area contributed by atoms with E-state index in [2.05, 4.69) is 25.9 Å². The fourth-order valence-electron chi connectivity index (χ4n) is 1.77. The third kappa shape index (κ3) is 2.50. The predicted molar refractivity (Wildman–Crippen MR) is 71.8 cm³/mol. The first-order valence-corrected chi connectivity index (χ1v) is 6.05. The van der Waals surface area contributed by atoms with Gasteiger partial charge in [-0.3, -0.25) is 4.79 Å². The molecule has 0 spiro atoms. The smallest absolute Gasteiger partial charge is 0.267 e. The van der Waals surface area contributed by atoms with Gasteiger partial charge in [0, 0.05) is 11.8 Å². The van der Waals surface area contributed by atoms with Crippen LogP contribution in [0.2, 0.25) is 0 Å². The molecule has 2 aromatic rings. The van der Waals surface area contributed by atoms with Gasteiger partial charge in [0.05, 0.1) is 5.69 Å². The summed E-state index contributed by atoms with van der Waals surface area (Å²) in [5.41, 5.74) is 2.82. The summed E-state index contributed by atoms with van der Waals surface area (Å²) in [5.74, 6) is -0.0939. The number of hydrogen-bond acceptors (Lipinski definition) is 2. The zero-order valence-electron chi connectivity index (χ0n) is 11.3. The van der Waals surface area contributed by atoms with Crippen LogP contribution in [0.1, 0.15) is 42.4 Å². The molecular formula is C15H18N2O. The molecule has 3 heteroatoms. The molecule has 0 fully saturated rings. The molecule has 0 unspecified atom stereocenters. The van der Waals surface area contributed by atoms with Gasteiger partial charge in [0.15, 0.2) is 0 Å². The van der Waals surface area contributed by atoms with Gasteiger partial charge in [0.2, 0.25) is 0 Å². The molecular weight excluding hydrogens is 224 g/mol. The molecule has 0 saturated heterocycles. The summed E-state index contributed by atoms with van der Waals surface area (Å²) in [6.45, 7) is 8.33. The predicted octanol–water partition coefficient (Wildman–Crippen LogP) is 3.18. The molecule has 0 amide bonds. The van der Waals surface area contributed by atoms with Crippen LogP contribution < -0.4 is 0 Å². The number of nitrogens with zero attached hydrogens (tertiary/aromatic N) is 2. The lowest BCUT2D eigenvalue weighted by Gasteiger charge is -2.18. The molecule has 0 bridgehead atoms. The molecule has 1 aromatic carbocycles. The van der Waals surface area contributed by atoms with Crippen LogP contribution in [0.25, 0.3) is 0 Å². The first kappa shape index (κ1) is 12.6. The molecule has 0 aliphatic heterocycles. The van der Waals surface area contributed by atoms with Crippen LogP contribution in [0, 0.1) is 6.92 Å². The van der Waals surface area contributed by atoms with E-state index in [1.165, 1.54) is 10.2 Å². The van der Waals surface area contributed by atoms with Gasteiger partial charge in [0.1, 0.15) is 0 Å². The molecule has 2 rings (SSSR count). The average molecular weight is 242 g/mol. The fraction of sp³-hybridized carbons (Fsp3) is 0.333. The molecule has 0 N–H and O–H groups in total. The van der Waals surface area contributed by atoms with Crippen molar-refractivity contribution in [3.05, 3.63) is 53.3 Å². The lowest BCUT2D eigenvalue weighted by atomic mass is 9.87. The summed E-state index contributed by atoms with van der Waals surface area (Å²) >= 11 is 0. The maximum absolute atomic E-state index is 12.1. The number of benzene rings is 1. The van der Waals surface area contributed by atoms with Crippen LogP contribution in [0.15, 0.2) is 36.5 Å². The van der Waals surface area contributed by atoms with Crippen LogP contribution in [0.4, 0.5) is 0 Å². The van der Waals surface area contributed by atoms with Crippen molar-refractivity contribution in [2.45, 2.75) is 33.1 Å². The highest BCUT2D eigenvalue weighted by atomic mass is 16.2. The monoisotopic (exact) mass is 242 g/mol. The largest absolute Gasteiger partial charge is 0.278 e. The highest BCUT2D eigenvalue weighted by molar-refractivity contribution is 5.95. The molecule has 94 valence electrons. The summed E-state index contributed by atoms with van der Waals surface area (Å²) in [6.07, 6.45) is 1.69. The minimum atomic E-state index is -0.0939. The molecule has 18 heavy (non-hydrogen) atoms. The van der Waals surface area contributed by atoms with E-state index in [0.717, 1.165) is 5.69 Å².